The molecular formula is C22H23ClN2O3. The summed E-state index contributed by atoms with van der Waals surface area (Å²) in [6, 6.07) is 13.6. The van der Waals surface area contributed by atoms with E-state index in [1.807, 2.05) is 37.3 Å². The summed E-state index contributed by atoms with van der Waals surface area (Å²) in [6.45, 7) is 4.33. The quantitative estimate of drug-likeness (QED) is 0.561. The number of rotatable bonds is 6. The number of amides is 1. The highest BCUT2D eigenvalue weighted by Gasteiger charge is 2.16. The number of carbonyl (C=O) groups is 1. The van der Waals surface area contributed by atoms with E-state index in [9.17, 15) is 4.79 Å². The van der Waals surface area contributed by atoms with E-state index in [2.05, 4.69) is 11.1 Å². The van der Waals surface area contributed by atoms with Crippen molar-refractivity contribution in [1.82, 2.24) is 9.88 Å². The number of hydrogen-bond donors (Lipinski definition) is 0. The van der Waals surface area contributed by atoms with Crippen molar-refractivity contribution in [2.45, 2.75) is 26.9 Å². The maximum atomic E-state index is 12.3. The second kappa shape index (κ2) is 8.48. The number of ether oxygens (including phenoxy) is 2. The van der Waals surface area contributed by atoms with Gasteiger partial charge in [0, 0.05) is 42.6 Å². The molecule has 1 aromatic heterocycles. The zero-order chi connectivity index (χ0) is 20.3. The Morgan fingerprint density at radius 1 is 1.04 bits per heavy atom. The zero-order valence-electron chi connectivity index (χ0n) is 16.5. The summed E-state index contributed by atoms with van der Waals surface area (Å²) in [6.07, 6.45) is 0. The van der Waals surface area contributed by atoms with Crippen LogP contribution in [0.15, 0.2) is 42.5 Å². The van der Waals surface area contributed by atoms with Gasteiger partial charge in [0.25, 0.3) is 0 Å². The highest BCUT2D eigenvalue weighted by atomic mass is 35.5. The molecule has 0 aliphatic rings. The van der Waals surface area contributed by atoms with Crippen molar-refractivity contribution in [1.29, 1.82) is 0 Å². The molecule has 0 atom stereocenters. The molecule has 0 radical (unpaired) electrons. The van der Waals surface area contributed by atoms with Gasteiger partial charge in [-0.05, 0) is 37.3 Å². The van der Waals surface area contributed by atoms with Crippen molar-refractivity contribution in [2.75, 3.05) is 14.2 Å². The molecule has 0 aliphatic carbocycles. The Balaban J connectivity index is 1.91. The summed E-state index contributed by atoms with van der Waals surface area (Å²) in [4.78, 5) is 18.5. The van der Waals surface area contributed by atoms with E-state index < -0.39 is 0 Å². The van der Waals surface area contributed by atoms with E-state index in [0.29, 0.717) is 29.7 Å². The second-order valence-electron chi connectivity index (χ2n) is 6.69. The standard InChI is InChI=1S/C22H23ClN2O3/c1-14-5-8-20-17(9-14)10-18(22(23)24-20)13-25(15(2)26)12-16-6-7-19(27-3)11-21(16)28-4/h5-11H,12-13H2,1-4H3. The van der Waals surface area contributed by atoms with Crippen LogP contribution in [-0.4, -0.2) is 30.0 Å². The van der Waals surface area contributed by atoms with Gasteiger partial charge in [-0.3, -0.25) is 4.79 Å². The number of benzene rings is 2. The number of aromatic nitrogens is 1. The van der Waals surface area contributed by atoms with Gasteiger partial charge in [-0.1, -0.05) is 23.2 Å². The molecule has 28 heavy (non-hydrogen) atoms. The zero-order valence-corrected chi connectivity index (χ0v) is 17.2. The van der Waals surface area contributed by atoms with Crippen molar-refractivity contribution in [3.63, 3.8) is 0 Å². The van der Waals surface area contributed by atoms with Crippen LogP contribution >= 0.6 is 11.6 Å². The van der Waals surface area contributed by atoms with Crippen LogP contribution in [-0.2, 0) is 17.9 Å². The van der Waals surface area contributed by atoms with Crippen molar-refractivity contribution in [3.05, 3.63) is 64.3 Å². The molecule has 3 rings (SSSR count). The Bertz CT molecular complexity index is 1020. The lowest BCUT2D eigenvalue weighted by Gasteiger charge is -2.23. The van der Waals surface area contributed by atoms with Gasteiger partial charge < -0.3 is 14.4 Å². The van der Waals surface area contributed by atoms with Crippen molar-refractivity contribution < 1.29 is 14.3 Å². The van der Waals surface area contributed by atoms with Crippen molar-refractivity contribution >= 4 is 28.4 Å². The molecule has 0 saturated carbocycles. The summed E-state index contributed by atoms with van der Waals surface area (Å²) in [5.74, 6) is 1.31. The van der Waals surface area contributed by atoms with Gasteiger partial charge >= 0.3 is 0 Å². The van der Waals surface area contributed by atoms with Gasteiger partial charge in [-0.2, -0.15) is 0 Å². The fraction of sp³-hybridized carbons (Fsp3) is 0.273. The van der Waals surface area contributed by atoms with Gasteiger partial charge in [-0.25, -0.2) is 4.98 Å². The van der Waals surface area contributed by atoms with E-state index in [4.69, 9.17) is 21.1 Å². The Kier molecular flexibility index (Phi) is 6.05. The number of pyridine rings is 1. The number of fused-ring (bicyclic) bond motifs is 1. The third kappa shape index (κ3) is 4.37. The normalized spacial score (nSPS) is 10.8. The first-order valence-corrected chi connectivity index (χ1v) is 9.31. The fourth-order valence-corrected chi connectivity index (χ4v) is 3.30. The van der Waals surface area contributed by atoms with Crippen LogP contribution in [0, 0.1) is 6.92 Å². The smallest absolute Gasteiger partial charge is 0.220 e. The molecule has 146 valence electrons. The van der Waals surface area contributed by atoms with E-state index in [0.717, 1.165) is 27.6 Å². The van der Waals surface area contributed by atoms with Crippen molar-refractivity contribution in [3.8, 4) is 11.5 Å². The van der Waals surface area contributed by atoms with E-state index in [1.165, 1.54) is 0 Å². The lowest BCUT2D eigenvalue weighted by Crippen LogP contribution is -2.28. The van der Waals surface area contributed by atoms with Crippen LogP contribution in [0.1, 0.15) is 23.6 Å². The first-order chi connectivity index (χ1) is 13.4. The number of methoxy groups -OCH3 is 2. The molecule has 3 aromatic rings. The molecule has 1 heterocycles. The van der Waals surface area contributed by atoms with Crippen LogP contribution in [0.25, 0.3) is 10.9 Å². The van der Waals surface area contributed by atoms with Crippen LogP contribution in [0.2, 0.25) is 5.15 Å². The molecule has 0 unspecified atom stereocenters. The molecule has 6 heteroatoms. The van der Waals surface area contributed by atoms with Crippen LogP contribution < -0.4 is 9.47 Å². The minimum Gasteiger partial charge on any atom is -0.497 e. The van der Waals surface area contributed by atoms with E-state index >= 15 is 0 Å². The average molecular weight is 399 g/mol. The lowest BCUT2D eigenvalue weighted by molar-refractivity contribution is -0.130. The van der Waals surface area contributed by atoms with Gasteiger partial charge in [0.1, 0.15) is 16.7 Å². The molecule has 0 spiro atoms. The summed E-state index contributed by atoms with van der Waals surface area (Å²) in [7, 11) is 3.20. The highest BCUT2D eigenvalue weighted by molar-refractivity contribution is 6.30. The third-order valence-corrected chi connectivity index (χ3v) is 4.99. The number of nitrogens with zero attached hydrogens (tertiary/aromatic N) is 2. The Labute approximate surface area is 169 Å². The summed E-state index contributed by atoms with van der Waals surface area (Å²) in [5, 5.41) is 1.41. The number of halogens is 1. The van der Waals surface area contributed by atoms with Gasteiger partial charge in [0.2, 0.25) is 5.91 Å². The summed E-state index contributed by atoms with van der Waals surface area (Å²) >= 11 is 6.40. The van der Waals surface area contributed by atoms with Gasteiger partial charge in [0.05, 0.1) is 19.7 Å². The van der Waals surface area contributed by atoms with Gasteiger partial charge in [0.15, 0.2) is 0 Å². The molecule has 5 nitrogen and oxygen atoms in total. The van der Waals surface area contributed by atoms with Crippen LogP contribution in [0.5, 0.6) is 11.5 Å². The minimum absolute atomic E-state index is 0.0572. The number of carbonyl (C=O) groups excluding carboxylic acids is 1. The Hall–Kier alpha value is -2.79. The Morgan fingerprint density at radius 2 is 1.79 bits per heavy atom. The molecule has 0 saturated heterocycles. The van der Waals surface area contributed by atoms with Crippen molar-refractivity contribution in [2.24, 2.45) is 0 Å². The molecule has 0 bridgehead atoms. The number of aryl methyl sites for hydroxylation is 1. The maximum Gasteiger partial charge on any atom is 0.220 e. The first kappa shape index (κ1) is 20.0. The average Bonchev–Trinajstić information content (AvgIpc) is 2.68. The van der Waals surface area contributed by atoms with Gasteiger partial charge in [-0.15, -0.1) is 0 Å². The predicted octanol–water partition coefficient (Wildman–Crippen LogP) is 4.76. The first-order valence-electron chi connectivity index (χ1n) is 8.93. The van der Waals surface area contributed by atoms with Crippen LogP contribution in [0.4, 0.5) is 0 Å². The van der Waals surface area contributed by atoms with Crippen LogP contribution in [0.3, 0.4) is 0 Å². The maximum absolute atomic E-state index is 12.3. The third-order valence-electron chi connectivity index (χ3n) is 4.66. The van der Waals surface area contributed by atoms with E-state index in [-0.39, 0.29) is 5.91 Å². The molecular weight excluding hydrogens is 376 g/mol. The minimum atomic E-state index is -0.0572. The number of hydrogen-bond acceptors (Lipinski definition) is 4. The summed E-state index contributed by atoms with van der Waals surface area (Å²) < 4.78 is 10.7. The topological polar surface area (TPSA) is 51.7 Å². The summed E-state index contributed by atoms with van der Waals surface area (Å²) in [5.41, 5.74) is 3.68. The SMILES string of the molecule is COc1ccc(CN(Cc2cc3cc(C)ccc3nc2Cl)C(C)=O)c(OC)c1. The van der Waals surface area contributed by atoms with E-state index in [1.54, 1.807) is 32.1 Å². The predicted molar refractivity (Wildman–Crippen MR) is 111 cm³/mol. The molecule has 2 aromatic carbocycles. The molecule has 0 fully saturated rings. The largest absolute Gasteiger partial charge is 0.497 e. The lowest BCUT2D eigenvalue weighted by atomic mass is 10.1. The fourth-order valence-electron chi connectivity index (χ4n) is 3.10. The highest BCUT2D eigenvalue weighted by Crippen LogP contribution is 2.28. The molecule has 1 amide bonds. The molecule has 0 N–H and O–H groups in total. The Morgan fingerprint density at radius 3 is 2.46 bits per heavy atom. The monoisotopic (exact) mass is 398 g/mol. The second-order valence-corrected chi connectivity index (χ2v) is 7.05. The molecule has 0 aliphatic heterocycles.